The molecule has 1 rings (SSSR count). The third-order valence-electron chi connectivity index (χ3n) is 1.70. The Kier molecular flexibility index (Phi) is 2.47. The van der Waals surface area contributed by atoms with Crippen molar-refractivity contribution in [1.29, 1.82) is 0 Å². The first-order chi connectivity index (χ1) is 5.26. The third kappa shape index (κ3) is 1.94. The van der Waals surface area contributed by atoms with Crippen molar-refractivity contribution in [2.75, 3.05) is 0 Å². The second kappa shape index (κ2) is 3.38. The van der Waals surface area contributed by atoms with E-state index < -0.39 is 0 Å². The summed E-state index contributed by atoms with van der Waals surface area (Å²) in [7, 11) is 2.09. The fraction of sp³-hybridized carbons (Fsp3) is 0.222. The standard InChI is InChI=1S/C9H11BO/c1-7-2-8(5-10)4-9(3-7)6-11/h2-4,6H,5,10H2,1H3. The average molecular weight is 146 g/mol. The molecule has 0 radical (unpaired) electrons. The van der Waals surface area contributed by atoms with Gasteiger partial charge in [-0.1, -0.05) is 23.5 Å². The van der Waals surface area contributed by atoms with Crippen molar-refractivity contribution in [3.63, 3.8) is 0 Å². The highest BCUT2D eigenvalue weighted by Gasteiger charge is 1.94. The Morgan fingerprint density at radius 2 is 2.18 bits per heavy atom. The minimum Gasteiger partial charge on any atom is -0.298 e. The zero-order valence-corrected chi connectivity index (χ0v) is 6.92. The molecule has 1 nitrogen and oxygen atoms in total. The van der Waals surface area contributed by atoms with E-state index in [0.29, 0.717) is 0 Å². The molecule has 0 amide bonds. The first-order valence-corrected chi connectivity index (χ1v) is 3.82. The number of aryl methyl sites for hydroxylation is 1. The van der Waals surface area contributed by atoms with Crippen LogP contribution in [0.5, 0.6) is 0 Å². The van der Waals surface area contributed by atoms with Gasteiger partial charge in [0.15, 0.2) is 0 Å². The van der Waals surface area contributed by atoms with E-state index in [0.717, 1.165) is 23.7 Å². The Morgan fingerprint density at radius 3 is 2.73 bits per heavy atom. The molecule has 0 bridgehead atoms. The van der Waals surface area contributed by atoms with E-state index in [2.05, 4.69) is 13.9 Å². The van der Waals surface area contributed by atoms with Crippen LogP contribution in [0.2, 0.25) is 0 Å². The van der Waals surface area contributed by atoms with Crippen LogP contribution < -0.4 is 0 Å². The molecule has 1 aromatic rings. The minimum atomic E-state index is 0.779. The van der Waals surface area contributed by atoms with Gasteiger partial charge in [-0.05, 0) is 19.1 Å². The SMILES string of the molecule is BCc1cc(C)cc(C=O)c1. The monoisotopic (exact) mass is 146 g/mol. The van der Waals surface area contributed by atoms with Crippen LogP contribution in [0.3, 0.4) is 0 Å². The van der Waals surface area contributed by atoms with Crippen molar-refractivity contribution >= 4 is 14.1 Å². The maximum absolute atomic E-state index is 10.4. The summed E-state index contributed by atoms with van der Waals surface area (Å²) >= 11 is 0. The lowest BCUT2D eigenvalue weighted by Gasteiger charge is -1.99. The van der Waals surface area contributed by atoms with Crippen LogP contribution in [0.1, 0.15) is 21.5 Å². The summed E-state index contributed by atoms with van der Waals surface area (Å²) in [6.45, 7) is 2.01. The number of hydrogen-bond acceptors (Lipinski definition) is 1. The van der Waals surface area contributed by atoms with Gasteiger partial charge in [-0.2, -0.15) is 0 Å². The highest BCUT2D eigenvalue weighted by atomic mass is 16.1. The quantitative estimate of drug-likeness (QED) is 0.448. The Balaban J connectivity index is 3.11. The summed E-state index contributed by atoms with van der Waals surface area (Å²) < 4.78 is 0. The summed E-state index contributed by atoms with van der Waals surface area (Å²) in [5.74, 6) is 0. The maximum Gasteiger partial charge on any atom is 0.150 e. The third-order valence-corrected chi connectivity index (χ3v) is 1.70. The summed E-state index contributed by atoms with van der Waals surface area (Å²) in [5.41, 5.74) is 3.17. The number of carbonyl (C=O) groups excluding carboxylic acids is 1. The molecule has 0 heterocycles. The molecule has 0 aromatic heterocycles. The lowest BCUT2D eigenvalue weighted by Crippen LogP contribution is -1.89. The molecular weight excluding hydrogens is 135 g/mol. The fourth-order valence-electron chi connectivity index (χ4n) is 1.17. The van der Waals surface area contributed by atoms with E-state index in [9.17, 15) is 4.79 Å². The summed E-state index contributed by atoms with van der Waals surface area (Å²) in [4.78, 5) is 10.4. The lowest BCUT2D eigenvalue weighted by molar-refractivity contribution is 0.112. The molecule has 0 aliphatic heterocycles. The average Bonchev–Trinajstić information content (AvgIpc) is 2.03. The first-order valence-electron chi connectivity index (χ1n) is 3.82. The molecule has 0 spiro atoms. The molecule has 11 heavy (non-hydrogen) atoms. The van der Waals surface area contributed by atoms with Crippen LogP contribution in [-0.4, -0.2) is 14.1 Å². The number of carbonyl (C=O) groups is 1. The van der Waals surface area contributed by atoms with Crippen LogP contribution in [-0.2, 0) is 6.32 Å². The van der Waals surface area contributed by atoms with Crippen LogP contribution in [0, 0.1) is 6.92 Å². The van der Waals surface area contributed by atoms with Crippen molar-refractivity contribution in [3.05, 3.63) is 34.9 Å². The van der Waals surface area contributed by atoms with Gasteiger partial charge in [-0.15, -0.1) is 0 Å². The number of hydrogen-bond donors (Lipinski definition) is 0. The van der Waals surface area contributed by atoms with Gasteiger partial charge in [0.2, 0.25) is 0 Å². The van der Waals surface area contributed by atoms with E-state index in [1.165, 1.54) is 5.56 Å². The minimum absolute atomic E-state index is 0.779. The van der Waals surface area contributed by atoms with Gasteiger partial charge in [0.25, 0.3) is 0 Å². The van der Waals surface area contributed by atoms with Gasteiger partial charge in [0.1, 0.15) is 14.1 Å². The van der Waals surface area contributed by atoms with Crippen molar-refractivity contribution in [3.8, 4) is 0 Å². The van der Waals surface area contributed by atoms with Crippen LogP contribution >= 0.6 is 0 Å². The van der Waals surface area contributed by atoms with E-state index >= 15 is 0 Å². The summed E-state index contributed by atoms with van der Waals surface area (Å²) in [6.07, 6.45) is 1.88. The van der Waals surface area contributed by atoms with E-state index in [1.807, 2.05) is 19.1 Å². The highest BCUT2D eigenvalue weighted by molar-refractivity contribution is 6.08. The van der Waals surface area contributed by atoms with Gasteiger partial charge < -0.3 is 0 Å². The predicted octanol–water partition coefficient (Wildman–Crippen LogP) is 0.941. The van der Waals surface area contributed by atoms with Crippen LogP contribution in [0.15, 0.2) is 18.2 Å². The molecule has 0 saturated carbocycles. The Labute approximate surface area is 67.8 Å². The fourth-order valence-corrected chi connectivity index (χ4v) is 1.17. The normalized spacial score (nSPS) is 9.55. The van der Waals surface area contributed by atoms with E-state index in [1.54, 1.807) is 0 Å². The smallest absolute Gasteiger partial charge is 0.150 e. The van der Waals surface area contributed by atoms with E-state index in [-0.39, 0.29) is 0 Å². The largest absolute Gasteiger partial charge is 0.298 e. The van der Waals surface area contributed by atoms with Crippen molar-refractivity contribution in [2.24, 2.45) is 0 Å². The summed E-state index contributed by atoms with van der Waals surface area (Å²) in [5, 5.41) is 0. The van der Waals surface area contributed by atoms with Crippen molar-refractivity contribution in [2.45, 2.75) is 13.2 Å². The van der Waals surface area contributed by atoms with Gasteiger partial charge in [-0.25, -0.2) is 0 Å². The van der Waals surface area contributed by atoms with Gasteiger partial charge in [0, 0.05) is 5.56 Å². The second-order valence-electron chi connectivity index (χ2n) is 2.72. The second-order valence-corrected chi connectivity index (χ2v) is 2.72. The molecular formula is C9H11BO. The predicted molar refractivity (Wildman–Crippen MR) is 48.8 cm³/mol. The highest BCUT2D eigenvalue weighted by Crippen LogP contribution is 2.07. The Bertz CT molecular complexity index is 268. The van der Waals surface area contributed by atoms with Crippen LogP contribution in [0.4, 0.5) is 0 Å². The Morgan fingerprint density at radius 1 is 1.45 bits per heavy atom. The number of aldehydes is 1. The zero-order chi connectivity index (χ0) is 8.27. The topological polar surface area (TPSA) is 17.1 Å². The summed E-state index contributed by atoms with van der Waals surface area (Å²) in [6, 6.07) is 5.93. The molecule has 2 heteroatoms. The van der Waals surface area contributed by atoms with Crippen molar-refractivity contribution in [1.82, 2.24) is 0 Å². The first kappa shape index (κ1) is 8.06. The molecule has 0 atom stereocenters. The molecule has 0 unspecified atom stereocenters. The maximum atomic E-state index is 10.4. The zero-order valence-electron chi connectivity index (χ0n) is 6.92. The Hall–Kier alpha value is -1.05. The van der Waals surface area contributed by atoms with Crippen LogP contribution in [0.25, 0.3) is 0 Å². The van der Waals surface area contributed by atoms with Gasteiger partial charge in [-0.3, -0.25) is 4.79 Å². The van der Waals surface area contributed by atoms with E-state index in [4.69, 9.17) is 0 Å². The van der Waals surface area contributed by atoms with Crippen molar-refractivity contribution < 1.29 is 4.79 Å². The molecule has 0 aliphatic carbocycles. The molecule has 0 fully saturated rings. The molecule has 0 N–H and O–H groups in total. The van der Waals surface area contributed by atoms with Gasteiger partial charge in [0.05, 0.1) is 0 Å². The van der Waals surface area contributed by atoms with Gasteiger partial charge >= 0.3 is 0 Å². The lowest BCUT2D eigenvalue weighted by atomic mass is 9.94. The molecule has 0 saturated heterocycles. The number of rotatable bonds is 2. The molecule has 1 aromatic carbocycles. The molecule has 0 aliphatic rings. The molecule has 56 valence electrons. The number of benzene rings is 1.